The fraction of sp³-hybridized carbons (Fsp3) is 0.211. The summed E-state index contributed by atoms with van der Waals surface area (Å²) in [4.78, 5) is 4.42. The average Bonchev–Trinajstić information content (AvgIpc) is 3.28. The van der Waals surface area contributed by atoms with Gasteiger partial charge < -0.3 is 23.4 Å². The number of nitrogens with zero attached hydrogens (tertiary/aromatic N) is 1. The molecule has 2 heterocycles. The Balaban J connectivity index is 1.74. The van der Waals surface area contributed by atoms with Crippen LogP contribution in [0.25, 0.3) is 17.7 Å². The molecule has 0 unspecified atom stereocenters. The van der Waals surface area contributed by atoms with Crippen LogP contribution in [0.15, 0.2) is 51.5 Å². The van der Waals surface area contributed by atoms with E-state index in [1.807, 2.05) is 31.2 Å². The highest BCUT2D eigenvalue weighted by atomic mass is 16.5. The van der Waals surface area contributed by atoms with Gasteiger partial charge in [0.15, 0.2) is 17.3 Å². The van der Waals surface area contributed by atoms with E-state index in [1.54, 1.807) is 31.6 Å². The first-order valence-electron chi connectivity index (χ1n) is 7.79. The van der Waals surface area contributed by atoms with Crippen molar-refractivity contribution in [1.29, 1.82) is 0 Å². The lowest BCUT2D eigenvalue weighted by Gasteiger charge is -2.10. The van der Waals surface area contributed by atoms with Gasteiger partial charge in [0.25, 0.3) is 5.89 Å². The number of aryl methyl sites for hydroxylation is 1. The third kappa shape index (κ3) is 3.92. The van der Waals surface area contributed by atoms with Crippen LogP contribution in [0.1, 0.15) is 17.0 Å². The summed E-state index contributed by atoms with van der Waals surface area (Å²) in [6.45, 7) is 2.07. The summed E-state index contributed by atoms with van der Waals surface area (Å²) < 4.78 is 22.1. The average molecular weight is 341 g/mol. The molecule has 0 fully saturated rings. The van der Waals surface area contributed by atoms with E-state index >= 15 is 0 Å². The van der Waals surface area contributed by atoms with Crippen LogP contribution < -0.4 is 9.47 Å². The number of aliphatic hydroxyl groups excluding tert-OH is 1. The fourth-order valence-corrected chi connectivity index (χ4v) is 2.31. The van der Waals surface area contributed by atoms with Crippen molar-refractivity contribution >= 4 is 6.08 Å². The fourth-order valence-electron chi connectivity index (χ4n) is 2.31. The van der Waals surface area contributed by atoms with Crippen molar-refractivity contribution in [2.45, 2.75) is 13.5 Å². The first-order chi connectivity index (χ1) is 12.2. The number of hydrogen-bond acceptors (Lipinski definition) is 6. The molecule has 0 amide bonds. The minimum atomic E-state index is -0.00992. The molecule has 0 saturated carbocycles. The Morgan fingerprint density at radius 1 is 1.24 bits per heavy atom. The molecule has 0 spiro atoms. The molecule has 3 aromatic rings. The molecule has 1 aromatic carbocycles. The van der Waals surface area contributed by atoms with Crippen LogP contribution in [-0.4, -0.2) is 23.8 Å². The smallest absolute Gasteiger partial charge is 0.263 e. The molecule has 0 aliphatic carbocycles. The van der Waals surface area contributed by atoms with E-state index in [0.29, 0.717) is 34.6 Å². The Kier molecular flexibility index (Phi) is 5.20. The lowest BCUT2D eigenvalue weighted by molar-refractivity contribution is 0.279. The zero-order chi connectivity index (χ0) is 17.6. The van der Waals surface area contributed by atoms with Crippen molar-refractivity contribution in [2.75, 3.05) is 13.7 Å². The van der Waals surface area contributed by atoms with Crippen LogP contribution in [0.5, 0.6) is 11.5 Å². The van der Waals surface area contributed by atoms with Crippen molar-refractivity contribution in [3.05, 3.63) is 59.7 Å². The molecule has 0 saturated heterocycles. The Labute approximate surface area is 145 Å². The number of rotatable bonds is 7. The quantitative estimate of drug-likeness (QED) is 0.703. The lowest BCUT2D eigenvalue weighted by Crippen LogP contribution is -1.99. The minimum Gasteiger partial charge on any atom is -0.493 e. The van der Waals surface area contributed by atoms with Crippen molar-refractivity contribution in [3.63, 3.8) is 0 Å². The van der Waals surface area contributed by atoms with Crippen LogP contribution in [-0.2, 0) is 6.61 Å². The maximum atomic E-state index is 8.85. The van der Waals surface area contributed by atoms with Gasteiger partial charge in [0, 0.05) is 0 Å². The second kappa shape index (κ2) is 7.72. The van der Waals surface area contributed by atoms with Gasteiger partial charge in [-0.15, -0.1) is 0 Å². The van der Waals surface area contributed by atoms with Crippen molar-refractivity contribution in [2.24, 2.45) is 0 Å². The highest BCUT2D eigenvalue weighted by molar-refractivity contribution is 5.56. The molecule has 25 heavy (non-hydrogen) atoms. The predicted molar refractivity (Wildman–Crippen MR) is 92.4 cm³/mol. The van der Waals surface area contributed by atoms with Gasteiger partial charge in [0.1, 0.15) is 18.1 Å². The van der Waals surface area contributed by atoms with Crippen molar-refractivity contribution < 1.29 is 23.4 Å². The van der Waals surface area contributed by atoms with Crippen molar-refractivity contribution in [3.8, 4) is 23.1 Å². The first-order valence-corrected chi connectivity index (χ1v) is 7.79. The largest absolute Gasteiger partial charge is 0.493 e. The summed E-state index contributed by atoms with van der Waals surface area (Å²) in [5.41, 5.74) is 1.61. The monoisotopic (exact) mass is 341 g/mol. The molecule has 0 aliphatic heterocycles. The van der Waals surface area contributed by atoms with Crippen LogP contribution in [0.2, 0.25) is 0 Å². The first kappa shape index (κ1) is 16.9. The molecule has 6 heteroatoms. The van der Waals surface area contributed by atoms with Crippen LogP contribution >= 0.6 is 0 Å². The van der Waals surface area contributed by atoms with Gasteiger partial charge in [-0.2, -0.15) is 0 Å². The zero-order valence-corrected chi connectivity index (χ0v) is 14.1. The van der Waals surface area contributed by atoms with E-state index in [-0.39, 0.29) is 13.2 Å². The molecule has 1 N–H and O–H groups in total. The summed E-state index contributed by atoms with van der Waals surface area (Å²) in [6, 6.07) is 9.11. The Morgan fingerprint density at radius 2 is 2.12 bits per heavy atom. The number of furan rings is 1. The molecule has 3 rings (SSSR count). The molecule has 0 aliphatic rings. The Morgan fingerprint density at radius 3 is 2.84 bits per heavy atom. The summed E-state index contributed by atoms with van der Waals surface area (Å²) in [6.07, 6.45) is 5.04. The van der Waals surface area contributed by atoms with Gasteiger partial charge in [-0.25, -0.2) is 4.98 Å². The topological polar surface area (TPSA) is 77.9 Å². The maximum absolute atomic E-state index is 8.85. The Bertz CT molecular complexity index is 849. The van der Waals surface area contributed by atoms with E-state index in [4.69, 9.17) is 23.4 Å². The highest BCUT2D eigenvalue weighted by Crippen LogP contribution is 2.30. The molecule has 130 valence electrons. The SMILES string of the molecule is COc1cc(C=CCO)ccc1OCc1nc(-c2ccco2)oc1C. The standard InChI is InChI=1S/C19H19NO5/c1-13-15(20-19(25-13)17-6-4-10-23-17)12-24-16-8-7-14(5-3-9-21)11-18(16)22-2/h3-8,10-11,21H,9,12H2,1-2H3. The number of aromatic nitrogens is 1. The molecule has 0 bridgehead atoms. The third-order valence-corrected chi connectivity index (χ3v) is 3.59. The number of oxazole rings is 1. The van der Waals surface area contributed by atoms with Gasteiger partial charge >= 0.3 is 0 Å². The molecular formula is C19H19NO5. The normalized spacial score (nSPS) is 11.2. The number of methoxy groups -OCH3 is 1. The van der Waals surface area contributed by atoms with Gasteiger partial charge in [-0.1, -0.05) is 18.2 Å². The van der Waals surface area contributed by atoms with E-state index in [9.17, 15) is 0 Å². The molecule has 6 nitrogen and oxygen atoms in total. The molecular weight excluding hydrogens is 322 g/mol. The third-order valence-electron chi connectivity index (χ3n) is 3.59. The van der Waals surface area contributed by atoms with Crippen molar-refractivity contribution in [1.82, 2.24) is 4.98 Å². The van der Waals surface area contributed by atoms with Crippen LogP contribution in [0.4, 0.5) is 0 Å². The molecule has 2 aromatic heterocycles. The number of benzene rings is 1. The van der Waals surface area contributed by atoms with Gasteiger partial charge in [-0.3, -0.25) is 0 Å². The second-order valence-electron chi connectivity index (χ2n) is 5.28. The van der Waals surface area contributed by atoms with E-state index in [1.165, 1.54) is 0 Å². The summed E-state index contributed by atoms with van der Waals surface area (Å²) in [5.74, 6) is 2.88. The Hall–Kier alpha value is -2.99. The molecule has 0 atom stereocenters. The van der Waals surface area contributed by atoms with E-state index in [0.717, 1.165) is 5.56 Å². The molecule has 0 radical (unpaired) electrons. The van der Waals surface area contributed by atoms with Gasteiger partial charge in [0.2, 0.25) is 0 Å². The maximum Gasteiger partial charge on any atom is 0.263 e. The minimum absolute atomic E-state index is 0.00992. The second-order valence-corrected chi connectivity index (χ2v) is 5.28. The zero-order valence-electron chi connectivity index (χ0n) is 14.1. The van der Waals surface area contributed by atoms with Gasteiger partial charge in [-0.05, 0) is 36.8 Å². The predicted octanol–water partition coefficient (Wildman–Crippen LogP) is 3.84. The number of hydrogen-bond donors (Lipinski definition) is 1. The number of ether oxygens (including phenoxy) is 2. The summed E-state index contributed by atoms with van der Waals surface area (Å²) in [7, 11) is 1.58. The summed E-state index contributed by atoms with van der Waals surface area (Å²) >= 11 is 0. The van der Waals surface area contributed by atoms with Crippen LogP contribution in [0, 0.1) is 6.92 Å². The van der Waals surface area contributed by atoms with E-state index in [2.05, 4.69) is 4.98 Å². The summed E-state index contributed by atoms with van der Waals surface area (Å²) in [5, 5.41) is 8.85. The van der Waals surface area contributed by atoms with Gasteiger partial charge in [0.05, 0.1) is 20.0 Å². The van der Waals surface area contributed by atoms with Crippen LogP contribution in [0.3, 0.4) is 0 Å². The highest BCUT2D eigenvalue weighted by Gasteiger charge is 2.14. The van der Waals surface area contributed by atoms with E-state index < -0.39 is 0 Å². The lowest BCUT2D eigenvalue weighted by atomic mass is 10.2. The number of aliphatic hydroxyl groups is 1.